The van der Waals surface area contributed by atoms with Crippen LogP contribution in [0.4, 0.5) is 8.78 Å². The highest BCUT2D eigenvalue weighted by atomic mass is 19.3. The van der Waals surface area contributed by atoms with E-state index in [9.17, 15) is 13.6 Å². The van der Waals surface area contributed by atoms with Crippen LogP contribution in [-0.4, -0.2) is 36.1 Å². The number of nitrogens with zero attached hydrogens (tertiary/aromatic N) is 2. The monoisotopic (exact) mass is 415 g/mol. The van der Waals surface area contributed by atoms with Crippen LogP contribution in [0.2, 0.25) is 0 Å². The zero-order chi connectivity index (χ0) is 21.3. The second kappa shape index (κ2) is 7.74. The average Bonchev–Trinajstić information content (AvgIpc) is 3.57. The van der Waals surface area contributed by atoms with Gasteiger partial charge in [0.15, 0.2) is 11.5 Å². The Kier molecular flexibility index (Phi) is 5.11. The molecule has 1 N–H and O–H groups in total. The van der Waals surface area contributed by atoms with Gasteiger partial charge in [-0.05, 0) is 43.2 Å². The van der Waals surface area contributed by atoms with Gasteiger partial charge in [0.1, 0.15) is 12.1 Å². The molecule has 3 aromatic rings. The Morgan fingerprint density at radius 1 is 1.07 bits per heavy atom. The van der Waals surface area contributed by atoms with Crippen LogP contribution in [0, 0.1) is 0 Å². The summed E-state index contributed by atoms with van der Waals surface area (Å²) in [6, 6.07) is 8.26. The smallest absolute Gasteiger partial charge is 0.349 e. The molecule has 0 bridgehead atoms. The number of aromatic nitrogens is 2. The lowest BCUT2D eigenvalue weighted by molar-refractivity contribution is -0.147. The molecular weight excluding hydrogens is 396 g/mol. The van der Waals surface area contributed by atoms with Crippen molar-refractivity contribution in [2.75, 3.05) is 14.2 Å². The molecule has 0 radical (unpaired) electrons. The maximum Gasteiger partial charge on any atom is 0.349 e. The predicted octanol–water partition coefficient (Wildman–Crippen LogP) is 3.81. The summed E-state index contributed by atoms with van der Waals surface area (Å²) in [6.45, 7) is 0. The number of benzene rings is 2. The van der Waals surface area contributed by atoms with Gasteiger partial charge in [-0.2, -0.15) is 8.78 Å². The molecule has 1 aliphatic carbocycles. The van der Waals surface area contributed by atoms with Gasteiger partial charge in [0.25, 0.3) is 5.91 Å². The first-order valence-electron chi connectivity index (χ1n) is 9.26. The van der Waals surface area contributed by atoms with Crippen LogP contribution in [0.1, 0.15) is 18.4 Å². The lowest BCUT2D eigenvalue weighted by Gasteiger charge is -2.16. The molecule has 1 aliphatic rings. The zero-order valence-corrected chi connectivity index (χ0v) is 16.3. The molecule has 0 saturated heterocycles. The minimum absolute atomic E-state index is 0.146. The SMILES string of the molecule is COc1cc2ncnc(Oc3ccc(C(F)(F)C(=O)NC4CC4)cc3)c2cc1OC. The first kappa shape index (κ1) is 19.8. The van der Waals surface area contributed by atoms with Gasteiger partial charge in [-0.3, -0.25) is 4.79 Å². The van der Waals surface area contributed by atoms with E-state index in [1.807, 2.05) is 0 Å². The molecule has 9 heteroatoms. The summed E-state index contributed by atoms with van der Waals surface area (Å²) < 4.78 is 45.1. The first-order chi connectivity index (χ1) is 14.4. The number of fused-ring (bicyclic) bond motifs is 1. The highest BCUT2D eigenvalue weighted by Gasteiger charge is 2.43. The van der Waals surface area contributed by atoms with E-state index in [1.165, 1.54) is 32.7 Å². The molecule has 1 amide bonds. The van der Waals surface area contributed by atoms with Gasteiger partial charge >= 0.3 is 5.92 Å². The van der Waals surface area contributed by atoms with E-state index in [4.69, 9.17) is 14.2 Å². The summed E-state index contributed by atoms with van der Waals surface area (Å²) in [6.07, 6.45) is 2.80. The maximum absolute atomic E-state index is 14.4. The van der Waals surface area contributed by atoms with Gasteiger partial charge in [0.2, 0.25) is 5.88 Å². The number of ether oxygens (including phenoxy) is 3. The van der Waals surface area contributed by atoms with Crippen molar-refractivity contribution < 1.29 is 27.8 Å². The maximum atomic E-state index is 14.4. The third-order valence-corrected chi connectivity index (χ3v) is 4.73. The van der Waals surface area contributed by atoms with E-state index in [0.29, 0.717) is 22.4 Å². The Labute approximate surface area is 171 Å². The molecule has 1 aromatic heterocycles. The molecule has 0 unspecified atom stereocenters. The Bertz CT molecular complexity index is 1090. The number of nitrogens with one attached hydrogen (secondary N) is 1. The Balaban J connectivity index is 1.58. The number of hydrogen-bond donors (Lipinski definition) is 1. The van der Waals surface area contributed by atoms with Crippen molar-refractivity contribution in [3.63, 3.8) is 0 Å². The molecule has 7 nitrogen and oxygen atoms in total. The Morgan fingerprint density at radius 3 is 2.37 bits per heavy atom. The fourth-order valence-electron chi connectivity index (χ4n) is 2.92. The van der Waals surface area contributed by atoms with Crippen molar-refractivity contribution in [3.8, 4) is 23.1 Å². The minimum atomic E-state index is -3.62. The lowest BCUT2D eigenvalue weighted by atomic mass is 10.1. The normalized spacial score (nSPS) is 13.7. The quantitative estimate of drug-likeness (QED) is 0.632. The van der Waals surface area contributed by atoms with Crippen LogP contribution in [-0.2, 0) is 10.7 Å². The van der Waals surface area contributed by atoms with Crippen LogP contribution in [0.15, 0.2) is 42.7 Å². The molecule has 1 heterocycles. The van der Waals surface area contributed by atoms with E-state index in [0.717, 1.165) is 25.0 Å². The van der Waals surface area contributed by atoms with Crippen molar-refractivity contribution in [3.05, 3.63) is 48.3 Å². The number of alkyl halides is 2. The van der Waals surface area contributed by atoms with Crippen LogP contribution in [0.25, 0.3) is 10.9 Å². The van der Waals surface area contributed by atoms with Gasteiger partial charge in [0, 0.05) is 17.7 Å². The summed E-state index contributed by atoms with van der Waals surface area (Å²) in [5, 5.41) is 2.89. The van der Waals surface area contributed by atoms with Gasteiger partial charge < -0.3 is 19.5 Å². The number of amides is 1. The van der Waals surface area contributed by atoms with Crippen molar-refractivity contribution in [1.29, 1.82) is 0 Å². The van der Waals surface area contributed by atoms with E-state index in [2.05, 4.69) is 15.3 Å². The molecule has 156 valence electrons. The number of halogens is 2. The number of hydrogen-bond acceptors (Lipinski definition) is 6. The molecule has 1 saturated carbocycles. The summed E-state index contributed by atoms with van der Waals surface area (Å²) in [4.78, 5) is 20.1. The van der Waals surface area contributed by atoms with Gasteiger partial charge in [0.05, 0.1) is 25.1 Å². The van der Waals surface area contributed by atoms with E-state index >= 15 is 0 Å². The van der Waals surface area contributed by atoms with Gasteiger partial charge in [-0.15, -0.1) is 0 Å². The molecular formula is C21H19F2N3O4. The van der Waals surface area contributed by atoms with Crippen molar-refractivity contribution in [2.45, 2.75) is 24.8 Å². The molecule has 30 heavy (non-hydrogen) atoms. The summed E-state index contributed by atoms with van der Waals surface area (Å²) >= 11 is 0. The van der Waals surface area contributed by atoms with Crippen molar-refractivity contribution in [1.82, 2.24) is 15.3 Å². The number of methoxy groups -OCH3 is 2. The van der Waals surface area contributed by atoms with Gasteiger partial charge in [-0.1, -0.05) is 0 Å². The second-order valence-electron chi connectivity index (χ2n) is 6.85. The fraction of sp³-hybridized carbons (Fsp3) is 0.286. The highest BCUT2D eigenvalue weighted by Crippen LogP contribution is 2.36. The third-order valence-electron chi connectivity index (χ3n) is 4.73. The number of rotatable bonds is 7. The largest absolute Gasteiger partial charge is 0.493 e. The van der Waals surface area contributed by atoms with Crippen LogP contribution in [0.5, 0.6) is 23.1 Å². The topological polar surface area (TPSA) is 82.6 Å². The highest BCUT2D eigenvalue weighted by molar-refractivity contribution is 5.87. The minimum Gasteiger partial charge on any atom is -0.493 e. The summed E-state index contributed by atoms with van der Waals surface area (Å²) in [5.41, 5.74) is 0.157. The Hall–Kier alpha value is -3.49. The molecule has 1 fully saturated rings. The number of carbonyl (C=O) groups is 1. The molecule has 2 aromatic carbocycles. The predicted molar refractivity (Wildman–Crippen MR) is 104 cm³/mol. The zero-order valence-electron chi connectivity index (χ0n) is 16.3. The average molecular weight is 415 g/mol. The fourth-order valence-corrected chi connectivity index (χ4v) is 2.92. The van der Waals surface area contributed by atoms with E-state index in [1.54, 1.807) is 12.1 Å². The molecule has 0 atom stereocenters. The van der Waals surface area contributed by atoms with Crippen molar-refractivity contribution >= 4 is 16.8 Å². The standard InChI is InChI=1S/C21H19F2N3O4/c1-28-17-9-15-16(10-18(17)29-2)24-11-25-19(15)30-14-7-3-12(4-8-14)21(22,23)20(27)26-13-5-6-13/h3-4,7-11,13H,5-6H2,1-2H3,(H,26,27). The van der Waals surface area contributed by atoms with E-state index in [-0.39, 0.29) is 17.7 Å². The molecule has 0 spiro atoms. The molecule has 4 rings (SSSR count). The Morgan fingerprint density at radius 2 is 1.73 bits per heavy atom. The lowest BCUT2D eigenvalue weighted by Crippen LogP contribution is -2.39. The van der Waals surface area contributed by atoms with Gasteiger partial charge in [-0.25, -0.2) is 9.97 Å². The van der Waals surface area contributed by atoms with Crippen molar-refractivity contribution in [2.24, 2.45) is 0 Å². The summed E-state index contributed by atoms with van der Waals surface area (Å²) in [7, 11) is 3.02. The van der Waals surface area contributed by atoms with Crippen LogP contribution in [0.3, 0.4) is 0 Å². The first-order valence-corrected chi connectivity index (χ1v) is 9.26. The third kappa shape index (κ3) is 3.83. The second-order valence-corrected chi connectivity index (χ2v) is 6.85. The van der Waals surface area contributed by atoms with Crippen LogP contribution >= 0.6 is 0 Å². The van der Waals surface area contributed by atoms with E-state index < -0.39 is 17.4 Å². The summed E-state index contributed by atoms with van der Waals surface area (Å²) in [5.74, 6) is -3.42. The molecule has 0 aliphatic heterocycles. The van der Waals surface area contributed by atoms with Crippen LogP contribution < -0.4 is 19.5 Å². The number of carbonyl (C=O) groups excluding carboxylic acids is 1.